The summed E-state index contributed by atoms with van der Waals surface area (Å²) >= 11 is 0. The summed E-state index contributed by atoms with van der Waals surface area (Å²) in [6.45, 7) is 0. The van der Waals surface area contributed by atoms with Crippen LogP contribution in [0.1, 0.15) is 29.5 Å². The maximum Gasteiger partial charge on any atom is 0.0713 e. The van der Waals surface area contributed by atoms with Gasteiger partial charge in [0.25, 0.3) is 0 Å². The van der Waals surface area contributed by atoms with Crippen LogP contribution in [0.25, 0.3) is 27.1 Å². The number of aryl methyl sites for hydroxylation is 2. The lowest BCUT2D eigenvalue weighted by Crippen LogP contribution is -2.29. The third-order valence-corrected chi connectivity index (χ3v) is 6.87. The van der Waals surface area contributed by atoms with Gasteiger partial charge < -0.3 is 5.73 Å². The Kier molecular flexibility index (Phi) is 4.74. The van der Waals surface area contributed by atoms with E-state index in [9.17, 15) is 0 Å². The van der Waals surface area contributed by atoms with Crippen LogP contribution in [0.2, 0.25) is 0 Å². The molecule has 0 aromatic heterocycles. The predicted molar refractivity (Wildman–Crippen MR) is 137 cm³/mol. The molecule has 2 nitrogen and oxygen atoms in total. The highest BCUT2D eigenvalue weighted by Crippen LogP contribution is 2.36. The van der Waals surface area contributed by atoms with Crippen LogP contribution in [0.15, 0.2) is 96.0 Å². The van der Waals surface area contributed by atoms with Crippen molar-refractivity contribution in [2.24, 2.45) is 10.7 Å². The summed E-state index contributed by atoms with van der Waals surface area (Å²) in [6, 6.07) is 26.1. The van der Waals surface area contributed by atoms with Gasteiger partial charge in [0.2, 0.25) is 0 Å². The molecule has 3 aliphatic rings. The standard InChI is InChI=1S/C18H16.C12H10N2/c1-3-7-15-13(5-1)9-11-18-16-8-4-2-6-14(16)10-12-17(15)18;13-10-6-3-5-9-8-4-1-2-7-11(8)14-12(9)10/h1,3,5,7,9-12H,2,4,6,8H2;1-7,10H,13H2. The van der Waals surface area contributed by atoms with Gasteiger partial charge in [-0.05, 0) is 64.4 Å². The molecular weight excluding hydrogens is 388 g/mol. The quantitative estimate of drug-likeness (QED) is 0.311. The number of nitrogens with zero attached hydrogens (tertiary/aromatic N) is 1. The van der Waals surface area contributed by atoms with Crippen LogP contribution in [-0.4, -0.2) is 11.8 Å². The maximum atomic E-state index is 5.94. The van der Waals surface area contributed by atoms with Crippen molar-refractivity contribution in [1.29, 1.82) is 0 Å². The van der Waals surface area contributed by atoms with Crippen molar-refractivity contribution in [3.05, 3.63) is 108 Å². The molecule has 4 aromatic rings. The van der Waals surface area contributed by atoms with Crippen molar-refractivity contribution < 1.29 is 0 Å². The topological polar surface area (TPSA) is 38.4 Å². The number of rotatable bonds is 0. The zero-order valence-electron chi connectivity index (χ0n) is 18.1. The van der Waals surface area contributed by atoms with E-state index in [4.69, 9.17) is 5.73 Å². The van der Waals surface area contributed by atoms with Gasteiger partial charge in [0.1, 0.15) is 0 Å². The Morgan fingerprint density at radius 2 is 1.56 bits per heavy atom. The molecule has 32 heavy (non-hydrogen) atoms. The van der Waals surface area contributed by atoms with Gasteiger partial charge >= 0.3 is 0 Å². The third kappa shape index (κ3) is 3.19. The Morgan fingerprint density at radius 3 is 2.53 bits per heavy atom. The lowest BCUT2D eigenvalue weighted by molar-refractivity contribution is 0.690. The van der Waals surface area contributed by atoms with Gasteiger partial charge in [-0.15, -0.1) is 0 Å². The summed E-state index contributed by atoms with van der Waals surface area (Å²) in [7, 11) is 0. The zero-order valence-corrected chi connectivity index (χ0v) is 18.1. The highest BCUT2D eigenvalue weighted by Gasteiger charge is 2.24. The van der Waals surface area contributed by atoms with Crippen LogP contribution in [0, 0.1) is 0 Å². The Balaban J connectivity index is 0.000000126. The molecule has 0 amide bonds. The van der Waals surface area contributed by atoms with Crippen molar-refractivity contribution in [3.8, 4) is 0 Å². The minimum Gasteiger partial charge on any atom is -0.319 e. The summed E-state index contributed by atoms with van der Waals surface area (Å²) in [5.41, 5.74) is 13.5. The monoisotopic (exact) mass is 414 g/mol. The number of hydrogen-bond donors (Lipinski definition) is 1. The molecule has 4 aromatic carbocycles. The van der Waals surface area contributed by atoms with Gasteiger partial charge in [-0.2, -0.15) is 0 Å². The molecule has 156 valence electrons. The second-order valence-corrected chi connectivity index (χ2v) is 8.80. The number of fused-ring (bicyclic) bond motifs is 8. The van der Waals surface area contributed by atoms with Crippen LogP contribution >= 0.6 is 0 Å². The van der Waals surface area contributed by atoms with Gasteiger partial charge in [0.15, 0.2) is 0 Å². The van der Waals surface area contributed by atoms with Crippen molar-refractivity contribution in [3.63, 3.8) is 0 Å². The van der Waals surface area contributed by atoms with Crippen molar-refractivity contribution in [1.82, 2.24) is 0 Å². The smallest absolute Gasteiger partial charge is 0.0713 e. The first-order valence-electron chi connectivity index (χ1n) is 11.5. The molecular formula is C30H26N2. The third-order valence-electron chi connectivity index (χ3n) is 6.87. The lowest BCUT2D eigenvalue weighted by Gasteiger charge is -2.18. The van der Waals surface area contributed by atoms with Crippen LogP contribution in [0.4, 0.5) is 5.69 Å². The van der Waals surface area contributed by atoms with Crippen LogP contribution in [-0.2, 0) is 12.8 Å². The largest absolute Gasteiger partial charge is 0.319 e. The molecule has 0 saturated heterocycles. The average Bonchev–Trinajstić information content (AvgIpc) is 3.24. The number of nitrogens with two attached hydrogens (primary N) is 1. The molecule has 1 aliphatic heterocycles. The number of para-hydroxylation sites is 1. The van der Waals surface area contributed by atoms with E-state index in [1.807, 2.05) is 30.4 Å². The first-order chi connectivity index (χ1) is 15.8. The van der Waals surface area contributed by atoms with Crippen LogP contribution < -0.4 is 5.73 Å². The second kappa shape index (κ2) is 7.89. The first kappa shape index (κ1) is 19.2. The fraction of sp³-hybridized carbons (Fsp3) is 0.167. The van der Waals surface area contributed by atoms with E-state index in [-0.39, 0.29) is 6.04 Å². The molecule has 0 fully saturated rings. The Labute approximate surface area is 188 Å². The summed E-state index contributed by atoms with van der Waals surface area (Å²) in [4.78, 5) is 4.53. The van der Waals surface area contributed by atoms with E-state index < -0.39 is 0 Å². The summed E-state index contributed by atoms with van der Waals surface area (Å²) in [5.74, 6) is 0. The highest BCUT2D eigenvalue weighted by molar-refractivity contribution is 6.32. The van der Waals surface area contributed by atoms with E-state index >= 15 is 0 Å². The zero-order chi connectivity index (χ0) is 21.5. The Bertz CT molecular complexity index is 1440. The molecule has 0 radical (unpaired) electrons. The molecule has 0 bridgehead atoms. The van der Waals surface area contributed by atoms with Gasteiger partial charge in [0.05, 0.1) is 17.4 Å². The molecule has 2 aliphatic carbocycles. The van der Waals surface area contributed by atoms with Crippen molar-refractivity contribution in [2.45, 2.75) is 31.7 Å². The minimum absolute atomic E-state index is 0.0533. The van der Waals surface area contributed by atoms with Crippen LogP contribution in [0.5, 0.6) is 0 Å². The van der Waals surface area contributed by atoms with Gasteiger partial charge in [-0.1, -0.05) is 85.0 Å². The van der Waals surface area contributed by atoms with Gasteiger partial charge in [-0.3, -0.25) is 4.99 Å². The molecule has 7 rings (SSSR count). The first-order valence-corrected chi connectivity index (χ1v) is 11.5. The van der Waals surface area contributed by atoms with E-state index in [0.717, 1.165) is 11.4 Å². The summed E-state index contributed by atoms with van der Waals surface area (Å²) < 4.78 is 0. The number of benzene rings is 4. The van der Waals surface area contributed by atoms with E-state index in [0.29, 0.717) is 0 Å². The highest BCUT2D eigenvalue weighted by atomic mass is 14.8. The number of hydrogen-bond acceptors (Lipinski definition) is 2. The summed E-state index contributed by atoms with van der Waals surface area (Å²) in [6.07, 6.45) is 11.3. The average molecular weight is 415 g/mol. The fourth-order valence-corrected chi connectivity index (χ4v) is 5.26. The van der Waals surface area contributed by atoms with E-state index in [1.54, 1.807) is 11.1 Å². The Hall–Kier alpha value is -3.49. The van der Waals surface area contributed by atoms with Gasteiger partial charge in [-0.25, -0.2) is 0 Å². The van der Waals surface area contributed by atoms with Crippen molar-refractivity contribution >= 4 is 38.5 Å². The molecule has 1 heterocycles. The fourth-order valence-electron chi connectivity index (χ4n) is 5.26. The van der Waals surface area contributed by atoms with E-state index in [2.05, 4.69) is 65.7 Å². The SMILES string of the molecule is NC1C=CC=C2C1=Nc1ccccc12.c1ccc2c(c1)ccc1c3c(ccc12)CCCC3. The number of allylic oxidation sites excluding steroid dienone is 2. The molecule has 2 N–H and O–H groups in total. The maximum absolute atomic E-state index is 5.94. The van der Waals surface area contributed by atoms with Crippen molar-refractivity contribution in [2.75, 3.05) is 0 Å². The second-order valence-electron chi connectivity index (χ2n) is 8.80. The molecule has 2 heteroatoms. The minimum atomic E-state index is -0.0533. The molecule has 1 unspecified atom stereocenters. The van der Waals surface area contributed by atoms with E-state index in [1.165, 1.54) is 58.4 Å². The van der Waals surface area contributed by atoms with Gasteiger partial charge in [0, 0.05) is 11.1 Å². The van der Waals surface area contributed by atoms with Crippen LogP contribution in [0.3, 0.4) is 0 Å². The normalized spacial score (nSPS) is 18.2. The lowest BCUT2D eigenvalue weighted by atomic mass is 9.86. The summed E-state index contributed by atoms with van der Waals surface area (Å²) in [5, 5.41) is 5.64. The molecule has 0 spiro atoms. The number of aliphatic imine (C=N–C) groups is 1. The molecule has 0 saturated carbocycles. The predicted octanol–water partition coefficient (Wildman–Crippen LogP) is 6.93. The Morgan fingerprint density at radius 1 is 0.750 bits per heavy atom. The molecule has 1 atom stereocenters.